The molecule has 1 aromatic carbocycles. The summed E-state index contributed by atoms with van der Waals surface area (Å²) in [7, 11) is 1.66. The number of ether oxygens (including phenoxy) is 2. The third kappa shape index (κ3) is 3.57. The molecule has 0 saturated carbocycles. The minimum absolute atomic E-state index is 0.260. The molecule has 0 aromatic heterocycles. The number of rotatable bonds is 2. The van der Waals surface area contributed by atoms with Gasteiger partial charge in [-0.05, 0) is 50.5 Å². The minimum atomic E-state index is -0.469. The molecule has 0 radical (unpaired) electrons. The van der Waals surface area contributed by atoms with Crippen molar-refractivity contribution in [2.75, 3.05) is 13.7 Å². The van der Waals surface area contributed by atoms with Gasteiger partial charge in [0.15, 0.2) is 0 Å². The number of benzene rings is 1. The topological polar surface area (TPSA) is 38.8 Å². The summed E-state index contributed by atoms with van der Waals surface area (Å²) < 4.78 is 10.8. The van der Waals surface area contributed by atoms with Crippen molar-refractivity contribution in [2.24, 2.45) is 0 Å². The molecule has 1 amide bonds. The Bertz CT molecular complexity index is 558. The Morgan fingerprint density at radius 1 is 1.33 bits per heavy atom. The van der Waals surface area contributed by atoms with Gasteiger partial charge >= 0.3 is 6.09 Å². The highest BCUT2D eigenvalue weighted by atomic mass is 16.6. The van der Waals surface area contributed by atoms with Crippen molar-refractivity contribution in [1.82, 2.24) is 4.90 Å². The molecule has 0 fully saturated rings. The summed E-state index contributed by atoms with van der Waals surface area (Å²) in [5.74, 6) is 0.828. The molecule has 0 atom stereocenters. The highest BCUT2D eigenvalue weighted by molar-refractivity contribution is 5.69. The lowest BCUT2D eigenvalue weighted by Gasteiger charge is -2.31. The van der Waals surface area contributed by atoms with Crippen LogP contribution in [-0.2, 0) is 17.7 Å². The normalized spacial score (nSPS) is 14.4. The lowest BCUT2D eigenvalue weighted by atomic mass is 9.96. The molecule has 0 aliphatic carbocycles. The molecule has 0 saturated heterocycles. The van der Waals surface area contributed by atoms with Crippen molar-refractivity contribution < 1.29 is 14.3 Å². The smallest absolute Gasteiger partial charge is 0.410 e. The molecular weight excluding hydrogens is 266 g/mol. The quantitative estimate of drug-likeness (QED) is 0.834. The second-order valence-corrected chi connectivity index (χ2v) is 6.22. The molecule has 1 heterocycles. The van der Waals surface area contributed by atoms with E-state index in [-0.39, 0.29) is 6.09 Å². The van der Waals surface area contributed by atoms with Crippen molar-refractivity contribution in [3.8, 4) is 5.75 Å². The van der Waals surface area contributed by atoms with Gasteiger partial charge in [0.25, 0.3) is 0 Å². The molecule has 1 aliphatic heterocycles. The van der Waals surface area contributed by atoms with Gasteiger partial charge in [0.05, 0.1) is 7.11 Å². The van der Waals surface area contributed by atoms with E-state index in [1.165, 1.54) is 5.56 Å². The number of methoxy groups -OCH3 is 1. The van der Waals surface area contributed by atoms with Crippen LogP contribution in [0.25, 0.3) is 6.08 Å². The number of carbonyl (C=O) groups is 1. The van der Waals surface area contributed by atoms with Crippen LogP contribution >= 0.6 is 0 Å². The maximum atomic E-state index is 12.2. The highest BCUT2D eigenvalue weighted by Gasteiger charge is 2.26. The Labute approximate surface area is 126 Å². The number of amides is 1. The third-order valence-electron chi connectivity index (χ3n) is 3.44. The van der Waals surface area contributed by atoms with Gasteiger partial charge in [-0.25, -0.2) is 4.79 Å². The van der Waals surface area contributed by atoms with Crippen molar-refractivity contribution in [3.63, 3.8) is 0 Å². The first-order valence-corrected chi connectivity index (χ1v) is 7.14. The van der Waals surface area contributed by atoms with Gasteiger partial charge in [0.1, 0.15) is 11.4 Å². The van der Waals surface area contributed by atoms with Gasteiger partial charge < -0.3 is 14.4 Å². The minimum Gasteiger partial charge on any atom is -0.496 e. The van der Waals surface area contributed by atoms with Crippen LogP contribution in [-0.4, -0.2) is 30.2 Å². The molecular formula is C17H23NO3. The Balaban J connectivity index is 2.20. The number of fused-ring (bicyclic) bond motifs is 1. The van der Waals surface area contributed by atoms with Gasteiger partial charge in [0, 0.05) is 18.7 Å². The first-order chi connectivity index (χ1) is 9.84. The predicted molar refractivity (Wildman–Crippen MR) is 83.4 cm³/mol. The first-order valence-electron chi connectivity index (χ1n) is 7.14. The van der Waals surface area contributed by atoms with Gasteiger partial charge in [-0.3, -0.25) is 0 Å². The second-order valence-electron chi connectivity index (χ2n) is 6.22. The van der Waals surface area contributed by atoms with Gasteiger partial charge in [-0.2, -0.15) is 0 Å². The SMILES string of the molecule is C=Cc1cc2c(cc1OC)CCN(C(=O)OC(C)(C)C)C2. The highest BCUT2D eigenvalue weighted by Crippen LogP contribution is 2.29. The van der Waals surface area contributed by atoms with Crippen LogP contribution in [0.5, 0.6) is 5.75 Å². The predicted octanol–water partition coefficient (Wildman–Crippen LogP) is 3.63. The van der Waals surface area contributed by atoms with Crippen LogP contribution in [0.1, 0.15) is 37.5 Å². The summed E-state index contributed by atoms with van der Waals surface area (Å²) in [6, 6.07) is 4.08. The number of nitrogens with zero attached hydrogens (tertiary/aromatic N) is 1. The fourth-order valence-electron chi connectivity index (χ4n) is 2.42. The average Bonchev–Trinajstić information content (AvgIpc) is 2.43. The molecule has 0 bridgehead atoms. The van der Waals surface area contributed by atoms with Crippen molar-refractivity contribution >= 4 is 12.2 Å². The number of hydrogen-bond donors (Lipinski definition) is 0. The summed E-state index contributed by atoms with van der Waals surface area (Å²) >= 11 is 0. The van der Waals surface area contributed by atoms with E-state index in [9.17, 15) is 4.79 Å². The van der Waals surface area contributed by atoms with E-state index < -0.39 is 5.60 Å². The molecule has 1 aromatic rings. The summed E-state index contributed by atoms with van der Waals surface area (Å²) in [6.07, 6.45) is 2.32. The first kappa shape index (κ1) is 15.4. The number of carbonyl (C=O) groups excluding carboxylic acids is 1. The zero-order valence-corrected chi connectivity index (χ0v) is 13.2. The molecule has 0 N–H and O–H groups in total. The van der Waals surface area contributed by atoms with E-state index in [2.05, 4.69) is 6.58 Å². The van der Waals surface area contributed by atoms with Crippen molar-refractivity contribution in [2.45, 2.75) is 39.3 Å². The Morgan fingerprint density at radius 3 is 2.62 bits per heavy atom. The van der Waals surface area contributed by atoms with Crippen LogP contribution < -0.4 is 4.74 Å². The van der Waals surface area contributed by atoms with E-state index in [4.69, 9.17) is 9.47 Å². The largest absolute Gasteiger partial charge is 0.496 e. The average molecular weight is 289 g/mol. The molecule has 2 rings (SSSR count). The van der Waals surface area contributed by atoms with E-state index in [0.717, 1.165) is 23.3 Å². The van der Waals surface area contributed by atoms with E-state index in [1.54, 1.807) is 18.1 Å². The van der Waals surface area contributed by atoms with E-state index in [0.29, 0.717) is 13.1 Å². The Morgan fingerprint density at radius 2 is 2.05 bits per heavy atom. The number of hydrogen-bond acceptors (Lipinski definition) is 3. The summed E-state index contributed by atoms with van der Waals surface area (Å²) in [6.45, 7) is 10.7. The molecule has 21 heavy (non-hydrogen) atoms. The summed E-state index contributed by atoms with van der Waals surface area (Å²) in [5.41, 5.74) is 2.83. The zero-order chi connectivity index (χ0) is 15.6. The molecule has 1 aliphatic rings. The van der Waals surface area contributed by atoms with E-state index in [1.807, 2.05) is 32.9 Å². The van der Waals surface area contributed by atoms with Gasteiger partial charge in [-0.1, -0.05) is 12.7 Å². The van der Waals surface area contributed by atoms with Gasteiger partial charge in [0.2, 0.25) is 0 Å². The second kappa shape index (κ2) is 5.80. The fourth-order valence-corrected chi connectivity index (χ4v) is 2.42. The van der Waals surface area contributed by atoms with Crippen molar-refractivity contribution in [3.05, 3.63) is 35.4 Å². The third-order valence-corrected chi connectivity index (χ3v) is 3.44. The Kier molecular flexibility index (Phi) is 4.26. The van der Waals surface area contributed by atoms with Crippen LogP contribution in [0.4, 0.5) is 4.79 Å². The summed E-state index contributed by atoms with van der Waals surface area (Å²) in [5, 5.41) is 0. The maximum Gasteiger partial charge on any atom is 0.410 e. The molecule has 0 spiro atoms. The van der Waals surface area contributed by atoms with Crippen molar-refractivity contribution in [1.29, 1.82) is 0 Å². The molecule has 0 unspecified atom stereocenters. The lowest BCUT2D eigenvalue weighted by Crippen LogP contribution is -2.39. The maximum absolute atomic E-state index is 12.2. The van der Waals surface area contributed by atoms with Crippen LogP contribution in [0.15, 0.2) is 18.7 Å². The monoisotopic (exact) mass is 289 g/mol. The van der Waals surface area contributed by atoms with Crippen LogP contribution in [0.2, 0.25) is 0 Å². The standard InChI is InChI=1S/C17H23NO3/c1-6-12-9-14-11-18(16(19)21-17(2,3)4)8-7-13(14)10-15(12)20-5/h6,9-10H,1,7-8,11H2,2-5H3. The van der Waals surface area contributed by atoms with Crippen LogP contribution in [0.3, 0.4) is 0 Å². The molecule has 4 heteroatoms. The summed E-state index contributed by atoms with van der Waals surface area (Å²) in [4.78, 5) is 13.9. The fraction of sp³-hybridized carbons (Fsp3) is 0.471. The zero-order valence-electron chi connectivity index (χ0n) is 13.2. The lowest BCUT2D eigenvalue weighted by molar-refractivity contribution is 0.0224. The van der Waals surface area contributed by atoms with E-state index >= 15 is 0 Å². The Hall–Kier alpha value is -1.97. The molecule has 114 valence electrons. The molecule has 4 nitrogen and oxygen atoms in total. The van der Waals surface area contributed by atoms with Gasteiger partial charge in [-0.15, -0.1) is 0 Å². The van der Waals surface area contributed by atoms with Crippen LogP contribution in [0, 0.1) is 0 Å².